The van der Waals surface area contributed by atoms with E-state index >= 15 is 0 Å². The Morgan fingerprint density at radius 3 is 1.20 bits per heavy atom. The van der Waals surface area contributed by atoms with Crippen LogP contribution in [0.25, 0.3) is 0 Å². The highest BCUT2D eigenvalue weighted by molar-refractivity contribution is 5.75. The first-order valence-corrected chi connectivity index (χ1v) is 42.0. The van der Waals surface area contributed by atoms with Crippen molar-refractivity contribution in [2.75, 3.05) is 71.3 Å². The molecule has 131 heavy (non-hydrogen) atoms. The van der Waals surface area contributed by atoms with Crippen molar-refractivity contribution in [3.05, 3.63) is 24.4 Å². The smallest absolute Gasteiger partial charge is 0.217 e. The van der Waals surface area contributed by atoms with Crippen molar-refractivity contribution in [2.24, 2.45) is 0 Å². The molecule has 0 radical (unpaired) electrons. The van der Waals surface area contributed by atoms with E-state index in [0.29, 0.717) is 0 Å². The first kappa shape index (κ1) is 108. The average molecular weight is 1910 g/mol. The number of amides is 5. The lowest BCUT2D eigenvalue weighted by atomic mass is 9.93. The molecular weight excluding hydrogens is 1780 g/mol. The molecule has 0 unspecified atom stereocenters. The number of aliphatic hydroxyl groups excluding tert-OH is 26. The zero-order valence-corrected chi connectivity index (χ0v) is 71.1. The van der Waals surface area contributed by atoms with Crippen LogP contribution in [0.4, 0.5) is 5.82 Å². The van der Waals surface area contributed by atoms with Gasteiger partial charge in [-0.2, -0.15) is 0 Å². The summed E-state index contributed by atoms with van der Waals surface area (Å²) in [5.41, 5.74) is 0. The predicted molar refractivity (Wildman–Crippen MR) is 414 cm³/mol. The lowest BCUT2D eigenvalue weighted by Gasteiger charge is -2.52. The molecule has 0 aromatic carbocycles. The number of nitrogens with zero attached hydrogens (tertiary/aromatic N) is 1. The largest absolute Gasteiger partial charge is 0.394 e. The minimum atomic E-state index is -2.72. The Kier molecular flexibility index (Phi) is 39.6. The maximum atomic E-state index is 13.5. The fraction of sp³-hybridized carbons (Fsp3) is 0.867. The van der Waals surface area contributed by atoms with Gasteiger partial charge < -0.3 is 250 Å². The molecular formula is C75H123N7O49. The first-order chi connectivity index (χ1) is 62.0. The molecule has 9 saturated heterocycles. The Bertz CT molecular complexity index is 3710. The topological polar surface area (TPSA) is 863 Å². The van der Waals surface area contributed by atoms with E-state index in [-0.39, 0.29) is 5.82 Å². The van der Waals surface area contributed by atoms with Gasteiger partial charge in [-0.1, -0.05) is 6.07 Å². The van der Waals surface area contributed by atoms with E-state index in [1.54, 1.807) is 12.1 Å². The van der Waals surface area contributed by atoms with Gasteiger partial charge in [0.1, 0.15) is 238 Å². The zero-order chi connectivity index (χ0) is 96.3. The van der Waals surface area contributed by atoms with Gasteiger partial charge in [0.05, 0.1) is 71.6 Å². The number of aliphatic hydroxyl groups is 26. The molecule has 10 heterocycles. The third-order valence-corrected chi connectivity index (χ3v) is 23.4. The second kappa shape index (κ2) is 48.2. The predicted octanol–water partition coefficient (Wildman–Crippen LogP) is -19.9. The number of pyridine rings is 1. The minimum absolute atomic E-state index is 0.184. The third-order valence-electron chi connectivity index (χ3n) is 23.4. The van der Waals surface area contributed by atoms with Crippen LogP contribution >= 0.6 is 0 Å². The van der Waals surface area contributed by atoms with Crippen LogP contribution in [0.15, 0.2) is 24.4 Å². The molecule has 0 bridgehead atoms. The van der Waals surface area contributed by atoms with E-state index in [4.69, 9.17) is 85.3 Å². The Morgan fingerprint density at radius 1 is 0.351 bits per heavy atom. The fourth-order valence-corrected chi connectivity index (χ4v) is 16.5. The van der Waals surface area contributed by atoms with Crippen molar-refractivity contribution in [3.8, 4) is 0 Å². The number of aromatic nitrogens is 1. The number of nitrogens with one attached hydrogen (secondary N) is 6. The number of rotatable bonds is 38. The summed E-state index contributed by atoms with van der Waals surface area (Å²) in [6.07, 6.45) is -92.6. The summed E-state index contributed by atoms with van der Waals surface area (Å²) in [6.45, 7) is -4.76. The summed E-state index contributed by atoms with van der Waals surface area (Å²) in [5.74, 6) is -4.45. The molecule has 0 spiro atoms. The van der Waals surface area contributed by atoms with Crippen molar-refractivity contribution in [1.29, 1.82) is 0 Å². The van der Waals surface area contributed by atoms with E-state index < -0.39 is 396 Å². The molecule has 32 N–H and O–H groups in total. The van der Waals surface area contributed by atoms with Crippen LogP contribution in [-0.2, 0) is 109 Å². The van der Waals surface area contributed by atoms with Crippen LogP contribution in [0.2, 0.25) is 0 Å². The highest BCUT2D eigenvalue weighted by Crippen LogP contribution is 2.41. The van der Waals surface area contributed by atoms with E-state index in [1.807, 2.05) is 0 Å². The first-order valence-electron chi connectivity index (χ1n) is 42.0. The number of carbonyl (C=O) groups is 5. The molecule has 10 rings (SSSR count). The Labute approximate surface area is 744 Å². The molecule has 1 aromatic heterocycles. The zero-order valence-electron chi connectivity index (χ0n) is 71.1. The second-order valence-electron chi connectivity index (χ2n) is 32.9. The number of ether oxygens (including phenoxy) is 18. The summed E-state index contributed by atoms with van der Waals surface area (Å²) in [7, 11) is 0. The third kappa shape index (κ3) is 25.4. The van der Waals surface area contributed by atoms with Gasteiger partial charge in [-0.05, 0) is 19.1 Å². The summed E-state index contributed by atoms with van der Waals surface area (Å²) in [6, 6.07) is -4.74. The van der Waals surface area contributed by atoms with Crippen LogP contribution in [-0.4, -0.2) is 534 Å². The molecule has 5 amide bonds. The van der Waals surface area contributed by atoms with E-state index in [0.717, 1.165) is 34.6 Å². The SMILES string of the molecule is CC(=O)N[C@H]1[C@H](O[C@@H]([C@H](O)[C@H](CNc2ccccn2)NC(C)=O)[C@H](O)CO[C@@H]2O[C@@H](C)[C@@H](O)[C@@H](O)[C@@H]2O)O[C@H](CO)[C@@H](O[C@@H]2O[C@H](CO[C@H]3O[C@H](CO)[C@@H](O)[C@H](O)[C@@H]3O[C@@H]3O[C@H](CO)[C@@H](O)[C@H](O)[C@H]3NC(C)=O)[C@@H](O)[C@H](O[C@H]3O[C@H](CO)[C@@H](O[C@@H]4O[C@H](CO)[C@@H](O)[C@H](O)[C@H]4NC(C)=O)[C@H](O)[C@@H]3O[C@@H]3O[C@H](CO)[C@@H](O[C@@H]4O[C@H](CO)[C@H](O)[C@H](O)[C@H]4O)[C@H](O)[C@H]3NC(C)=O)[C@@H]2O)[C@@H]1O. The van der Waals surface area contributed by atoms with Gasteiger partial charge in [0.15, 0.2) is 56.6 Å². The van der Waals surface area contributed by atoms with Crippen LogP contribution in [0, 0.1) is 0 Å². The lowest BCUT2D eigenvalue weighted by Crippen LogP contribution is -2.71. The average Bonchev–Trinajstić information content (AvgIpc) is 0.749. The standard InChI is InChI=1S/C75H123N7O49/c1-21-42(96)53(107)56(110)71(116-21)114-19-28(95)60(43(97)27(78-22(2)90)11-77-37-9-7-8-10-76-37)125-69-40(81-25(5)93)51(105)62(34(17-88)121-69)128-73-59(113)64(48(102)36(124-73)20-115-74-65(55(109)47(101)32(15-86)120-74)130-68-39(80-24(4)92)50(104)45(99)30(13-84)118-68)129-75-66(58(112)63(35(18-89)123-75)126-67-38(79-23(3)91)49(103)44(98)29(12-83)117-67)131-70-41(82-26(6)94)52(106)61(33(16-87)122-70)127-72-57(111)54(108)46(100)31(14-85)119-72/h7-10,21,27-36,38-75,83-89,95-113H,11-20H2,1-6H3,(H,76,77)(H,78,90)(H,79,91)(H,80,92)(H,81,93)(H,82,94)/t21-,27-,28+,29+,30+,31+,32+,33+,34+,35+,36+,38+,39+,40+,41+,42+,43+,44+,45+,46-,47+,48+,49+,50+,51+,52+,53+,54-,55-,56-,57+,58-,59-,60+,61+,62+,63+,64-,65-,66-,67-,68-,69-,70-,71+,72-,73-,74-,75+/m0/s1. The van der Waals surface area contributed by atoms with E-state index in [9.17, 15) is 157 Å². The van der Waals surface area contributed by atoms with E-state index in [2.05, 4.69) is 36.9 Å². The Hall–Kier alpha value is -5.46. The van der Waals surface area contributed by atoms with E-state index in [1.165, 1.54) is 19.2 Å². The summed E-state index contributed by atoms with van der Waals surface area (Å²) in [4.78, 5) is 69.3. The molecule has 0 aliphatic carbocycles. The maximum absolute atomic E-state index is 13.5. The highest BCUT2D eigenvalue weighted by atomic mass is 16.8. The normalized spacial score (nSPS) is 44.4. The van der Waals surface area contributed by atoms with Gasteiger partial charge >= 0.3 is 0 Å². The van der Waals surface area contributed by atoms with Crippen molar-refractivity contribution >= 4 is 35.4 Å². The molecule has 752 valence electrons. The van der Waals surface area contributed by atoms with Gasteiger partial charge in [-0.3, -0.25) is 24.0 Å². The molecule has 49 atom stereocenters. The van der Waals surface area contributed by atoms with Crippen molar-refractivity contribution < 1.29 is 242 Å². The minimum Gasteiger partial charge on any atom is -0.394 e. The Balaban J connectivity index is 1.05. The number of hydrogen-bond acceptors (Lipinski definition) is 51. The second-order valence-corrected chi connectivity index (χ2v) is 32.9. The fourth-order valence-electron chi connectivity index (χ4n) is 16.5. The maximum Gasteiger partial charge on any atom is 0.217 e. The molecule has 9 aliphatic rings. The molecule has 56 nitrogen and oxygen atoms in total. The van der Waals surface area contributed by atoms with Gasteiger partial charge in [-0.25, -0.2) is 4.98 Å². The summed E-state index contributed by atoms with van der Waals surface area (Å²) in [5, 5.41) is 311. The van der Waals surface area contributed by atoms with Crippen LogP contribution in [0.1, 0.15) is 41.5 Å². The molecule has 1 aromatic rings. The lowest BCUT2D eigenvalue weighted by molar-refractivity contribution is -0.405. The van der Waals surface area contributed by atoms with Crippen molar-refractivity contribution in [1.82, 2.24) is 31.6 Å². The summed E-state index contributed by atoms with van der Waals surface area (Å²) >= 11 is 0. The molecule has 9 fully saturated rings. The van der Waals surface area contributed by atoms with Crippen LogP contribution in [0.3, 0.4) is 0 Å². The van der Waals surface area contributed by atoms with Crippen molar-refractivity contribution in [2.45, 2.75) is 342 Å². The number of anilines is 1. The quantitative estimate of drug-likeness (QED) is 0.0292. The van der Waals surface area contributed by atoms with Crippen LogP contribution < -0.4 is 31.9 Å². The van der Waals surface area contributed by atoms with Gasteiger partial charge in [0.25, 0.3) is 0 Å². The molecule has 9 aliphatic heterocycles. The van der Waals surface area contributed by atoms with Gasteiger partial charge in [-0.15, -0.1) is 0 Å². The highest BCUT2D eigenvalue weighted by Gasteiger charge is 2.62. The summed E-state index contributed by atoms with van der Waals surface area (Å²) < 4.78 is 109. The molecule has 0 saturated carbocycles. The number of hydrogen-bond donors (Lipinski definition) is 32. The monoisotopic (exact) mass is 1910 g/mol. The van der Waals surface area contributed by atoms with Crippen LogP contribution in [0.5, 0.6) is 0 Å². The van der Waals surface area contributed by atoms with Gasteiger partial charge in [0, 0.05) is 47.4 Å². The number of carbonyl (C=O) groups excluding carboxylic acids is 5. The van der Waals surface area contributed by atoms with Gasteiger partial charge in [0.2, 0.25) is 29.5 Å². The van der Waals surface area contributed by atoms with Crippen molar-refractivity contribution in [3.63, 3.8) is 0 Å². The molecule has 56 heteroatoms. The Morgan fingerprint density at radius 2 is 0.725 bits per heavy atom.